The molecule has 1 rings (SSSR count). The van der Waals surface area contributed by atoms with E-state index in [4.69, 9.17) is 0 Å². The van der Waals surface area contributed by atoms with Crippen LogP contribution in [0.2, 0.25) is 0 Å². The van der Waals surface area contributed by atoms with Gasteiger partial charge in [-0.25, -0.2) is 0 Å². The van der Waals surface area contributed by atoms with E-state index >= 15 is 0 Å². The van der Waals surface area contributed by atoms with Crippen molar-refractivity contribution in [1.82, 2.24) is 15.1 Å². The monoisotopic (exact) mass is 267 g/mol. The van der Waals surface area contributed by atoms with Crippen LogP contribution in [0.25, 0.3) is 0 Å². The third kappa shape index (κ3) is 3.95. The number of carbonyl (C=O) groups excluding carboxylic acids is 1. The molecule has 4 nitrogen and oxygen atoms in total. The first-order chi connectivity index (χ1) is 7.84. The third-order valence-corrected chi connectivity index (χ3v) is 2.22. The summed E-state index contributed by atoms with van der Waals surface area (Å²) in [6.45, 7) is 1.61. The second-order valence-corrected chi connectivity index (χ2v) is 3.85. The van der Waals surface area contributed by atoms with Gasteiger partial charge in [0.2, 0.25) is 5.91 Å². The molecule has 1 N–H and O–H groups in total. The van der Waals surface area contributed by atoms with Gasteiger partial charge in [0, 0.05) is 18.0 Å². The molecule has 1 heterocycles. The summed E-state index contributed by atoms with van der Waals surface area (Å²) in [4.78, 5) is 11.3. The number of aromatic nitrogens is 2. The van der Waals surface area contributed by atoms with Gasteiger partial charge in [-0.2, -0.15) is 30.9 Å². The highest BCUT2D eigenvalue weighted by molar-refractivity contribution is 7.80. The lowest BCUT2D eigenvalue weighted by Gasteiger charge is -2.05. The highest BCUT2D eigenvalue weighted by Crippen LogP contribution is 2.28. The van der Waals surface area contributed by atoms with Crippen molar-refractivity contribution in [2.45, 2.75) is 19.6 Å². The molecule has 0 saturated carbocycles. The van der Waals surface area contributed by atoms with Crippen LogP contribution in [0, 0.1) is 6.92 Å². The molecule has 1 aromatic heterocycles. The summed E-state index contributed by atoms with van der Waals surface area (Å²) in [5.74, 6) is 0.0800. The smallest absolute Gasteiger partial charge is 0.354 e. The van der Waals surface area contributed by atoms with Gasteiger partial charge in [0.15, 0.2) is 5.69 Å². The average molecular weight is 267 g/mol. The number of amides is 1. The van der Waals surface area contributed by atoms with Gasteiger partial charge in [0.1, 0.15) is 6.54 Å². The topological polar surface area (TPSA) is 46.9 Å². The summed E-state index contributed by atoms with van der Waals surface area (Å²) in [7, 11) is 0. The first-order valence-electron chi connectivity index (χ1n) is 4.84. The van der Waals surface area contributed by atoms with E-state index in [0.717, 1.165) is 10.7 Å². The van der Waals surface area contributed by atoms with Gasteiger partial charge in [-0.15, -0.1) is 0 Å². The largest absolute Gasteiger partial charge is 0.435 e. The van der Waals surface area contributed by atoms with Gasteiger partial charge in [-0.3, -0.25) is 9.48 Å². The second kappa shape index (κ2) is 5.44. The van der Waals surface area contributed by atoms with Gasteiger partial charge >= 0.3 is 6.18 Å². The lowest BCUT2D eigenvalue weighted by molar-refractivity contribution is -0.141. The molecule has 0 fully saturated rings. The molecule has 8 heteroatoms. The van der Waals surface area contributed by atoms with Crippen LogP contribution in [0.1, 0.15) is 11.4 Å². The zero-order valence-electron chi connectivity index (χ0n) is 9.08. The Morgan fingerprint density at radius 2 is 2.24 bits per heavy atom. The molecule has 0 unspecified atom stereocenters. The molecule has 96 valence electrons. The fraction of sp³-hybridized carbons (Fsp3) is 0.556. The minimum absolute atomic E-state index is 0.226. The molecule has 0 saturated heterocycles. The summed E-state index contributed by atoms with van der Waals surface area (Å²) in [6, 6.07) is 0.909. The maximum Gasteiger partial charge on any atom is 0.435 e. The van der Waals surface area contributed by atoms with E-state index in [2.05, 4.69) is 23.0 Å². The molecule has 1 aromatic rings. The first kappa shape index (κ1) is 13.9. The van der Waals surface area contributed by atoms with E-state index in [1.165, 1.54) is 6.92 Å². The Balaban J connectivity index is 2.72. The van der Waals surface area contributed by atoms with E-state index in [9.17, 15) is 18.0 Å². The van der Waals surface area contributed by atoms with Crippen molar-refractivity contribution in [2.24, 2.45) is 0 Å². The summed E-state index contributed by atoms with van der Waals surface area (Å²) in [6.07, 6.45) is -4.49. The van der Waals surface area contributed by atoms with Crippen molar-refractivity contribution in [3.05, 3.63) is 17.5 Å². The zero-order valence-corrected chi connectivity index (χ0v) is 9.98. The normalized spacial score (nSPS) is 11.6. The van der Waals surface area contributed by atoms with Crippen LogP contribution in [0.5, 0.6) is 0 Å². The number of nitrogens with zero attached hydrogens (tertiary/aromatic N) is 2. The summed E-state index contributed by atoms with van der Waals surface area (Å²) in [5.41, 5.74) is -0.699. The van der Waals surface area contributed by atoms with Crippen molar-refractivity contribution < 1.29 is 18.0 Å². The van der Waals surface area contributed by atoms with Crippen LogP contribution in [-0.2, 0) is 17.5 Å². The minimum atomic E-state index is -4.49. The molecule has 0 atom stereocenters. The summed E-state index contributed by atoms with van der Waals surface area (Å²) < 4.78 is 38.0. The van der Waals surface area contributed by atoms with E-state index in [1.807, 2.05) is 0 Å². The number of halogens is 3. The molecule has 0 aliphatic heterocycles. The molecule has 0 spiro atoms. The highest BCUT2D eigenvalue weighted by Gasteiger charge is 2.34. The van der Waals surface area contributed by atoms with Gasteiger partial charge < -0.3 is 5.32 Å². The Bertz CT molecular complexity index is 403. The first-order valence-corrected chi connectivity index (χ1v) is 5.47. The van der Waals surface area contributed by atoms with E-state index < -0.39 is 11.9 Å². The Labute approximate surface area is 102 Å². The van der Waals surface area contributed by atoms with Gasteiger partial charge in [0.25, 0.3) is 0 Å². The number of thiol groups is 1. The van der Waals surface area contributed by atoms with E-state index in [0.29, 0.717) is 18.0 Å². The molecule has 0 aliphatic carbocycles. The maximum atomic E-state index is 12.3. The number of carbonyl (C=O) groups is 1. The van der Waals surface area contributed by atoms with Crippen molar-refractivity contribution in [2.75, 3.05) is 12.3 Å². The van der Waals surface area contributed by atoms with Crippen molar-refractivity contribution >= 4 is 18.5 Å². The number of alkyl halides is 3. The number of aryl methyl sites for hydroxylation is 1. The standard InChI is InChI=1S/C9H12F3N3OS/c1-6-4-7(9(10,11)12)14-15(6)5-8(16)13-2-3-17/h4,17H,2-3,5H2,1H3,(H,13,16). The number of hydrogen-bond acceptors (Lipinski definition) is 3. The number of hydrogen-bond donors (Lipinski definition) is 2. The molecular formula is C9H12F3N3OS. The molecule has 1 amide bonds. The average Bonchev–Trinajstić information content (AvgIpc) is 2.57. The lowest BCUT2D eigenvalue weighted by Crippen LogP contribution is -2.30. The predicted octanol–water partition coefficient (Wildman–Crippen LogP) is 1.26. The lowest BCUT2D eigenvalue weighted by atomic mass is 10.3. The van der Waals surface area contributed by atoms with Crippen molar-refractivity contribution in [1.29, 1.82) is 0 Å². The van der Waals surface area contributed by atoms with E-state index in [1.54, 1.807) is 0 Å². The fourth-order valence-corrected chi connectivity index (χ4v) is 1.31. The Morgan fingerprint density at radius 1 is 1.59 bits per heavy atom. The second-order valence-electron chi connectivity index (χ2n) is 3.40. The molecule has 0 aliphatic rings. The minimum Gasteiger partial charge on any atom is -0.354 e. The highest BCUT2D eigenvalue weighted by atomic mass is 32.1. The Morgan fingerprint density at radius 3 is 2.71 bits per heavy atom. The van der Waals surface area contributed by atoms with E-state index in [-0.39, 0.29) is 12.5 Å². The maximum absolute atomic E-state index is 12.3. The molecular weight excluding hydrogens is 255 g/mol. The van der Waals surface area contributed by atoms with Crippen LogP contribution < -0.4 is 5.32 Å². The van der Waals surface area contributed by atoms with Crippen LogP contribution in [0.3, 0.4) is 0 Å². The quantitative estimate of drug-likeness (QED) is 0.807. The van der Waals surface area contributed by atoms with Crippen LogP contribution in [0.15, 0.2) is 6.07 Å². The Hall–Kier alpha value is -1.18. The van der Waals surface area contributed by atoms with Crippen LogP contribution in [-0.4, -0.2) is 28.0 Å². The fourth-order valence-electron chi connectivity index (χ4n) is 1.20. The molecule has 0 bridgehead atoms. The Kier molecular flexibility index (Phi) is 4.44. The molecule has 17 heavy (non-hydrogen) atoms. The zero-order chi connectivity index (χ0) is 13.1. The SMILES string of the molecule is Cc1cc(C(F)(F)F)nn1CC(=O)NCCS. The van der Waals surface area contributed by atoms with Gasteiger partial charge in [-0.05, 0) is 13.0 Å². The number of rotatable bonds is 4. The predicted molar refractivity (Wildman–Crippen MR) is 58.8 cm³/mol. The summed E-state index contributed by atoms with van der Waals surface area (Å²) in [5, 5.41) is 5.84. The third-order valence-electron chi connectivity index (χ3n) is 2.00. The molecule has 0 radical (unpaired) electrons. The molecule has 0 aromatic carbocycles. The van der Waals surface area contributed by atoms with Crippen LogP contribution >= 0.6 is 12.6 Å². The number of nitrogens with one attached hydrogen (secondary N) is 1. The van der Waals surface area contributed by atoms with Gasteiger partial charge in [0.05, 0.1) is 0 Å². The summed E-state index contributed by atoms with van der Waals surface area (Å²) >= 11 is 3.90. The van der Waals surface area contributed by atoms with Crippen LogP contribution in [0.4, 0.5) is 13.2 Å². The van der Waals surface area contributed by atoms with Crippen molar-refractivity contribution in [3.63, 3.8) is 0 Å². The van der Waals surface area contributed by atoms with Gasteiger partial charge in [-0.1, -0.05) is 0 Å². The van der Waals surface area contributed by atoms with Crippen molar-refractivity contribution in [3.8, 4) is 0 Å².